The van der Waals surface area contributed by atoms with E-state index in [0.717, 1.165) is 39.0 Å². The van der Waals surface area contributed by atoms with E-state index in [-0.39, 0.29) is 5.56 Å². The number of aromatic nitrogens is 3. The number of methoxy groups -OCH3 is 1. The van der Waals surface area contributed by atoms with Crippen molar-refractivity contribution in [1.82, 2.24) is 14.3 Å². The number of benzene rings is 3. The fourth-order valence-corrected chi connectivity index (χ4v) is 5.44. The smallest absolute Gasteiger partial charge is 0.264 e. The first-order valence-electron chi connectivity index (χ1n) is 13.3. The van der Waals surface area contributed by atoms with Gasteiger partial charge < -0.3 is 10.5 Å². The number of anilines is 1. The van der Waals surface area contributed by atoms with E-state index >= 15 is 0 Å². The molecule has 7 nitrogen and oxygen atoms in total. The molecule has 2 N–H and O–H groups in total. The fraction of sp³-hybridized carbons (Fsp3) is 0.182. The van der Waals surface area contributed by atoms with Crippen LogP contribution in [-0.2, 0) is 11.3 Å². The van der Waals surface area contributed by atoms with Crippen molar-refractivity contribution in [1.29, 1.82) is 0 Å². The number of rotatable bonds is 8. The number of allylic oxidation sites excluding steroid dienone is 1. The van der Waals surface area contributed by atoms with Gasteiger partial charge in [-0.1, -0.05) is 60.6 Å². The van der Waals surface area contributed by atoms with Crippen molar-refractivity contribution >= 4 is 45.7 Å². The van der Waals surface area contributed by atoms with Crippen LogP contribution in [0.2, 0.25) is 5.02 Å². The molecule has 0 bridgehead atoms. The van der Waals surface area contributed by atoms with E-state index in [9.17, 15) is 4.79 Å². The van der Waals surface area contributed by atoms with Crippen LogP contribution in [0.3, 0.4) is 0 Å². The molecule has 2 aromatic heterocycles. The molecule has 41 heavy (non-hydrogen) atoms. The lowest BCUT2D eigenvalue weighted by Crippen LogP contribution is -2.26. The van der Waals surface area contributed by atoms with E-state index in [1.165, 1.54) is 0 Å². The molecule has 0 aliphatic heterocycles. The Bertz CT molecular complexity index is 1850. The van der Waals surface area contributed by atoms with Gasteiger partial charge in [-0.2, -0.15) is 5.10 Å². The maximum atomic E-state index is 14.0. The predicted molar refractivity (Wildman–Crippen MR) is 170 cm³/mol. The predicted octanol–water partition coefficient (Wildman–Crippen LogP) is 7.60. The van der Waals surface area contributed by atoms with Crippen molar-refractivity contribution in [3.05, 3.63) is 112 Å². The summed E-state index contributed by atoms with van der Waals surface area (Å²) < 4.78 is 8.83. The first kappa shape index (κ1) is 28.1. The normalized spacial score (nSPS) is 12.3. The minimum absolute atomic E-state index is 0.198. The fourth-order valence-electron chi connectivity index (χ4n) is 5.18. The van der Waals surface area contributed by atoms with Crippen LogP contribution in [0.25, 0.3) is 33.3 Å². The van der Waals surface area contributed by atoms with Crippen molar-refractivity contribution in [3.63, 3.8) is 0 Å². The number of aliphatic imine (C=N–C) groups is 1. The van der Waals surface area contributed by atoms with Crippen molar-refractivity contribution in [2.75, 3.05) is 12.8 Å². The molecule has 0 spiro atoms. The van der Waals surface area contributed by atoms with Crippen molar-refractivity contribution in [3.8, 4) is 16.9 Å². The third-order valence-corrected chi connectivity index (χ3v) is 7.43. The number of pyridine rings is 1. The van der Waals surface area contributed by atoms with Crippen LogP contribution in [0, 0.1) is 0 Å². The Balaban J connectivity index is 1.79. The zero-order chi connectivity index (χ0) is 29.3. The summed E-state index contributed by atoms with van der Waals surface area (Å²) in [5.74, 6) is 0.639. The van der Waals surface area contributed by atoms with Crippen LogP contribution in [0.4, 0.5) is 11.5 Å². The number of ether oxygens (including phenoxy) is 1. The van der Waals surface area contributed by atoms with E-state index in [4.69, 9.17) is 32.2 Å². The summed E-state index contributed by atoms with van der Waals surface area (Å²) in [5.41, 5.74) is 12.3. The summed E-state index contributed by atoms with van der Waals surface area (Å²) >= 11 is 6.53. The average Bonchev–Trinajstić information content (AvgIpc) is 3.34. The summed E-state index contributed by atoms with van der Waals surface area (Å²) in [4.78, 5) is 18.8. The van der Waals surface area contributed by atoms with Crippen LogP contribution >= 0.6 is 11.6 Å². The van der Waals surface area contributed by atoms with Gasteiger partial charge in [0.1, 0.15) is 5.69 Å². The summed E-state index contributed by atoms with van der Waals surface area (Å²) in [5, 5.41) is 6.72. The highest BCUT2D eigenvalue weighted by Crippen LogP contribution is 2.39. The van der Waals surface area contributed by atoms with Crippen LogP contribution < -0.4 is 11.3 Å². The molecule has 1 unspecified atom stereocenters. The number of nitrogens with zero attached hydrogens (tertiary/aromatic N) is 4. The Labute approximate surface area is 244 Å². The SMILES string of the molecule is C=C(C)c1c(-c2ccc(COC)c(N)c2)nn(C(C)c2cc3cccc(Cl)c3c(=O)n2-c2ccccc2)c1N=CC. The summed E-state index contributed by atoms with van der Waals surface area (Å²) in [6, 6.07) is 22.4. The van der Waals surface area contributed by atoms with Crippen LogP contribution in [-0.4, -0.2) is 27.7 Å². The van der Waals surface area contributed by atoms with E-state index in [1.807, 2.05) is 92.2 Å². The van der Waals surface area contributed by atoms with E-state index in [1.54, 1.807) is 24.0 Å². The zero-order valence-electron chi connectivity index (χ0n) is 23.6. The quantitative estimate of drug-likeness (QED) is 0.155. The minimum Gasteiger partial charge on any atom is -0.398 e. The molecule has 0 radical (unpaired) electrons. The first-order chi connectivity index (χ1) is 19.8. The lowest BCUT2D eigenvalue weighted by Gasteiger charge is -2.21. The molecule has 5 rings (SSSR count). The van der Waals surface area contributed by atoms with Crippen LogP contribution in [0.15, 0.2) is 89.2 Å². The molecule has 2 heterocycles. The molecule has 0 amide bonds. The van der Waals surface area contributed by atoms with Gasteiger partial charge >= 0.3 is 0 Å². The second kappa shape index (κ2) is 11.6. The van der Waals surface area contributed by atoms with Crippen LogP contribution in [0.1, 0.15) is 43.6 Å². The number of nitrogen functional groups attached to an aromatic ring is 1. The third kappa shape index (κ3) is 5.10. The van der Waals surface area contributed by atoms with Gasteiger partial charge in [-0.3, -0.25) is 9.36 Å². The van der Waals surface area contributed by atoms with Gasteiger partial charge in [0.05, 0.1) is 28.8 Å². The molecule has 5 aromatic rings. The van der Waals surface area contributed by atoms with E-state index in [2.05, 4.69) is 6.58 Å². The number of fused-ring (bicyclic) bond motifs is 1. The largest absolute Gasteiger partial charge is 0.398 e. The molecule has 0 aliphatic rings. The average molecular weight is 566 g/mol. The van der Waals surface area contributed by atoms with E-state index in [0.29, 0.717) is 34.2 Å². The number of nitrogens with two attached hydrogens (primary N) is 1. The third-order valence-electron chi connectivity index (χ3n) is 7.12. The molecular weight excluding hydrogens is 534 g/mol. The summed E-state index contributed by atoms with van der Waals surface area (Å²) in [6.07, 6.45) is 1.73. The Morgan fingerprint density at radius 1 is 1.15 bits per heavy atom. The topological polar surface area (TPSA) is 87.4 Å². The zero-order valence-corrected chi connectivity index (χ0v) is 24.3. The standard InChI is InChI=1S/C33H32ClN5O2/c1-6-36-32-29(20(2)3)31(23-15-16-24(19-41-5)27(35)17-23)37-39(32)21(4)28-18-22-11-10-14-26(34)30(22)33(40)38(28)25-12-8-7-9-13-25/h6-18,21H,2,19,35H2,1,3-5H3. The molecule has 0 saturated carbocycles. The lowest BCUT2D eigenvalue weighted by molar-refractivity contribution is 0.185. The monoisotopic (exact) mass is 565 g/mol. The second-order valence-electron chi connectivity index (χ2n) is 9.93. The van der Waals surface area contributed by atoms with Crippen LogP contribution in [0.5, 0.6) is 0 Å². The van der Waals surface area contributed by atoms with Crippen molar-refractivity contribution < 1.29 is 4.74 Å². The number of hydrogen-bond donors (Lipinski definition) is 1. The lowest BCUT2D eigenvalue weighted by atomic mass is 10.0. The second-order valence-corrected chi connectivity index (χ2v) is 10.3. The Morgan fingerprint density at radius 3 is 2.56 bits per heavy atom. The Kier molecular flexibility index (Phi) is 7.92. The molecule has 1 atom stereocenters. The highest BCUT2D eigenvalue weighted by molar-refractivity contribution is 6.35. The maximum Gasteiger partial charge on any atom is 0.264 e. The highest BCUT2D eigenvalue weighted by Gasteiger charge is 2.26. The van der Waals surface area contributed by atoms with Gasteiger partial charge in [-0.05, 0) is 62.1 Å². The Hall–Kier alpha value is -4.46. The van der Waals surface area contributed by atoms with Gasteiger partial charge in [0, 0.05) is 41.4 Å². The maximum absolute atomic E-state index is 14.0. The molecule has 208 valence electrons. The van der Waals surface area contributed by atoms with Gasteiger partial charge in [0.2, 0.25) is 0 Å². The number of hydrogen-bond acceptors (Lipinski definition) is 5. The number of halogens is 1. The van der Waals surface area contributed by atoms with Gasteiger partial charge in [-0.15, -0.1) is 0 Å². The first-order valence-corrected chi connectivity index (χ1v) is 13.7. The summed E-state index contributed by atoms with van der Waals surface area (Å²) in [7, 11) is 1.64. The van der Waals surface area contributed by atoms with Gasteiger partial charge in [0.15, 0.2) is 5.82 Å². The van der Waals surface area contributed by atoms with Crippen molar-refractivity contribution in [2.45, 2.75) is 33.4 Å². The number of para-hydroxylation sites is 1. The van der Waals surface area contributed by atoms with Gasteiger partial charge in [0.25, 0.3) is 5.56 Å². The molecule has 0 aliphatic carbocycles. The highest BCUT2D eigenvalue weighted by atomic mass is 35.5. The molecule has 0 fully saturated rings. The minimum atomic E-state index is -0.401. The summed E-state index contributed by atoms with van der Waals surface area (Å²) in [6.45, 7) is 10.5. The van der Waals surface area contributed by atoms with Gasteiger partial charge in [-0.25, -0.2) is 9.67 Å². The van der Waals surface area contributed by atoms with E-state index < -0.39 is 6.04 Å². The van der Waals surface area contributed by atoms with Crippen molar-refractivity contribution in [2.24, 2.45) is 4.99 Å². The molecule has 0 saturated heterocycles. The molecular formula is C33H32ClN5O2. The molecule has 8 heteroatoms. The Morgan fingerprint density at radius 2 is 1.90 bits per heavy atom. The molecule has 3 aromatic carbocycles.